The number of fused-ring (bicyclic) bond motifs is 1. The van der Waals surface area contributed by atoms with Crippen LogP contribution in [0, 0.1) is 5.39 Å². The van der Waals surface area contributed by atoms with Crippen LogP contribution in [-0.2, 0) is 14.3 Å². The van der Waals surface area contributed by atoms with E-state index in [4.69, 9.17) is 9.58 Å². The molecule has 0 aromatic heterocycles. The van der Waals surface area contributed by atoms with Gasteiger partial charge in [-0.2, -0.15) is 8.42 Å². The van der Waals surface area contributed by atoms with E-state index in [2.05, 4.69) is 4.98 Å². The zero-order valence-corrected chi connectivity index (χ0v) is 12.7. The molecule has 0 amide bonds. The quantitative estimate of drug-likeness (QED) is 0.676. The molecule has 0 heterocycles. The standard InChI is InChI=1S/C14H14N2O4S/c1-14(2,3)20-21(18,19)12-6-4-5-10-9(12)7-8-11(16-15)13(10)17/h4-8H,1-3H3/p+1. The first-order valence-electron chi connectivity index (χ1n) is 6.21. The third-order valence-electron chi connectivity index (χ3n) is 2.71. The van der Waals surface area contributed by atoms with E-state index < -0.39 is 15.7 Å². The van der Waals surface area contributed by atoms with Gasteiger partial charge in [-0.3, -0.25) is 4.18 Å². The van der Waals surface area contributed by atoms with E-state index in [-0.39, 0.29) is 21.7 Å². The Morgan fingerprint density at radius 1 is 1.14 bits per heavy atom. The molecule has 6 nitrogen and oxygen atoms in total. The van der Waals surface area contributed by atoms with Crippen molar-refractivity contribution in [3.05, 3.63) is 35.3 Å². The normalized spacial score (nSPS) is 12.3. The summed E-state index contributed by atoms with van der Waals surface area (Å²) in [5, 5.41) is 19.3. The van der Waals surface area contributed by atoms with Gasteiger partial charge in [-0.1, -0.05) is 12.1 Å². The first kappa shape index (κ1) is 15.2. The van der Waals surface area contributed by atoms with E-state index in [1.54, 1.807) is 20.8 Å². The molecule has 1 N–H and O–H groups in total. The summed E-state index contributed by atoms with van der Waals surface area (Å²) in [5.41, 5.74) is -0.905. The van der Waals surface area contributed by atoms with Gasteiger partial charge in [0, 0.05) is 16.8 Å². The van der Waals surface area contributed by atoms with Crippen molar-refractivity contribution >= 4 is 26.6 Å². The van der Waals surface area contributed by atoms with E-state index in [1.807, 2.05) is 0 Å². The summed E-state index contributed by atoms with van der Waals surface area (Å²) in [6.45, 7) is 4.90. The lowest BCUT2D eigenvalue weighted by atomic mass is 10.1. The lowest BCUT2D eigenvalue weighted by molar-refractivity contribution is 0.140. The number of phenolic OH excluding ortho intramolecular Hbond substituents is 1. The van der Waals surface area contributed by atoms with Gasteiger partial charge in [0.2, 0.25) is 11.1 Å². The van der Waals surface area contributed by atoms with Crippen molar-refractivity contribution in [2.75, 3.05) is 0 Å². The fourth-order valence-electron chi connectivity index (χ4n) is 1.97. The molecule has 0 saturated carbocycles. The third kappa shape index (κ3) is 2.96. The molecule has 0 radical (unpaired) electrons. The molecule has 2 aromatic rings. The predicted octanol–water partition coefficient (Wildman–Crippen LogP) is 3.53. The van der Waals surface area contributed by atoms with Crippen molar-refractivity contribution in [2.45, 2.75) is 31.3 Å². The van der Waals surface area contributed by atoms with Crippen molar-refractivity contribution in [1.82, 2.24) is 0 Å². The van der Waals surface area contributed by atoms with Crippen LogP contribution in [0.25, 0.3) is 15.7 Å². The van der Waals surface area contributed by atoms with Gasteiger partial charge < -0.3 is 5.11 Å². The maximum atomic E-state index is 12.4. The molecule has 0 aliphatic rings. The largest absolute Gasteiger partial charge is 0.501 e. The highest BCUT2D eigenvalue weighted by molar-refractivity contribution is 7.87. The van der Waals surface area contributed by atoms with Crippen LogP contribution >= 0.6 is 0 Å². The molecular formula is C14H15N2O4S+. The first-order chi connectivity index (χ1) is 9.65. The van der Waals surface area contributed by atoms with Crippen LogP contribution < -0.4 is 0 Å². The summed E-state index contributed by atoms with van der Waals surface area (Å²) in [6.07, 6.45) is 0. The van der Waals surface area contributed by atoms with E-state index >= 15 is 0 Å². The van der Waals surface area contributed by atoms with Crippen LogP contribution in [0.2, 0.25) is 0 Å². The second-order valence-electron chi connectivity index (χ2n) is 5.53. The van der Waals surface area contributed by atoms with E-state index in [1.165, 1.54) is 30.3 Å². The Bertz CT molecular complexity index is 846. The van der Waals surface area contributed by atoms with Gasteiger partial charge in [0.15, 0.2) is 4.98 Å². The fraction of sp³-hybridized carbons (Fsp3) is 0.286. The van der Waals surface area contributed by atoms with Crippen LogP contribution in [0.4, 0.5) is 5.69 Å². The number of aromatic hydroxyl groups is 1. The van der Waals surface area contributed by atoms with Gasteiger partial charge in [-0.05, 0) is 32.9 Å². The average molecular weight is 307 g/mol. The molecule has 0 fully saturated rings. The Hall–Kier alpha value is -2.17. The Morgan fingerprint density at radius 3 is 2.38 bits per heavy atom. The van der Waals surface area contributed by atoms with Gasteiger partial charge in [0.1, 0.15) is 4.90 Å². The van der Waals surface area contributed by atoms with Crippen molar-refractivity contribution in [2.24, 2.45) is 0 Å². The molecule has 0 spiro atoms. The molecule has 2 aromatic carbocycles. The molecule has 0 atom stereocenters. The van der Waals surface area contributed by atoms with Gasteiger partial charge in [0.25, 0.3) is 10.1 Å². The summed E-state index contributed by atoms with van der Waals surface area (Å²) < 4.78 is 29.8. The Kier molecular flexibility index (Phi) is 3.61. The van der Waals surface area contributed by atoms with Gasteiger partial charge >= 0.3 is 5.69 Å². The minimum absolute atomic E-state index is 0.0335. The average Bonchev–Trinajstić information content (AvgIpc) is 2.36. The first-order valence-corrected chi connectivity index (χ1v) is 7.62. The summed E-state index contributed by atoms with van der Waals surface area (Å²) >= 11 is 0. The van der Waals surface area contributed by atoms with Gasteiger partial charge in [-0.25, -0.2) is 0 Å². The Balaban J connectivity index is 2.73. The number of rotatable bonds is 2. The van der Waals surface area contributed by atoms with E-state index in [0.29, 0.717) is 5.39 Å². The van der Waals surface area contributed by atoms with Crippen LogP contribution in [0.3, 0.4) is 0 Å². The maximum absolute atomic E-state index is 12.4. The highest BCUT2D eigenvalue weighted by Crippen LogP contribution is 2.37. The van der Waals surface area contributed by atoms with E-state index in [9.17, 15) is 13.5 Å². The number of benzene rings is 2. The van der Waals surface area contributed by atoms with Gasteiger partial charge in [0.05, 0.1) is 5.60 Å². The maximum Gasteiger partial charge on any atom is 0.426 e. The molecule has 21 heavy (non-hydrogen) atoms. The highest BCUT2D eigenvalue weighted by Gasteiger charge is 2.27. The lowest BCUT2D eigenvalue weighted by Crippen LogP contribution is -2.24. The van der Waals surface area contributed by atoms with Gasteiger partial charge in [-0.15, -0.1) is 0 Å². The summed E-state index contributed by atoms with van der Waals surface area (Å²) in [4.78, 5) is 2.89. The monoisotopic (exact) mass is 307 g/mol. The highest BCUT2D eigenvalue weighted by atomic mass is 32.2. The van der Waals surface area contributed by atoms with Crippen LogP contribution in [0.5, 0.6) is 5.75 Å². The van der Waals surface area contributed by atoms with E-state index in [0.717, 1.165) is 0 Å². The third-order valence-corrected chi connectivity index (χ3v) is 4.32. The molecule has 0 unspecified atom stereocenters. The lowest BCUT2D eigenvalue weighted by Gasteiger charge is -2.19. The molecule has 110 valence electrons. The number of nitrogens with zero attached hydrogens (tertiary/aromatic N) is 2. The summed E-state index contributed by atoms with van der Waals surface area (Å²) in [5.74, 6) is -0.289. The predicted molar refractivity (Wildman–Crippen MR) is 78.4 cm³/mol. The number of diazo groups is 1. The molecule has 0 saturated heterocycles. The molecule has 0 aliphatic carbocycles. The Labute approximate surface area is 122 Å². The number of hydrogen-bond donors (Lipinski definition) is 1. The topological polar surface area (TPSA) is 91.8 Å². The van der Waals surface area contributed by atoms with Crippen molar-refractivity contribution in [3.8, 4) is 5.75 Å². The second kappa shape index (κ2) is 4.98. The van der Waals surface area contributed by atoms with Crippen molar-refractivity contribution in [1.29, 1.82) is 5.39 Å². The molecule has 2 rings (SSSR count). The fourth-order valence-corrected chi connectivity index (χ4v) is 3.41. The van der Waals surface area contributed by atoms with Crippen LogP contribution in [0.1, 0.15) is 20.8 Å². The summed E-state index contributed by atoms with van der Waals surface area (Å²) in [6, 6.07) is 7.22. The van der Waals surface area contributed by atoms with Crippen LogP contribution in [-0.4, -0.2) is 19.1 Å². The zero-order valence-electron chi connectivity index (χ0n) is 11.9. The number of hydrogen-bond acceptors (Lipinski definition) is 5. The zero-order chi connectivity index (χ0) is 15.8. The SMILES string of the molecule is CC(C)(C)OS(=O)(=O)c1cccc2c(O)c([N+]#N)ccc12. The van der Waals surface area contributed by atoms with Crippen molar-refractivity contribution < 1.29 is 17.7 Å². The molecular weight excluding hydrogens is 292 g/mol. The smallest absolute Gasteiger partial charge is 0.426 e. The minimum Gasteiger partial charge on any atom is -0.501 e. The minimum atomic E-state index is -3.99. The summed E-state index contributed by atoms with van der Waals surface area (Å²) in [7, 11) is -3.99. The van der Waals surface area contributed by atoms with Crippen LogP contribution in [0.15, 0.2) is 35.2 Å². The van der Waals surface area contributed by atoms with Crippen molar-refractivity contribution in [3.63, 3.8) is 0 Å². The molecule has 7 heteroatoms. The Morgan fingerprint density at radius 2 is 1.81 bits per heavy atom. The number of phenols is 1. The molecule has 0 aliphatic heterocycles. The second-order valence-corrected chi connectivity index (χ2v) is 7.05. The molecule has 0 bridgehead atoms.